The fourth-order valence-corrected chi connectivity index (χ4v) is 2.81. The lowest BCUT2D eigenvalue weighted by atomic mass is 9.96. The number of nitrogens with zero attached hydrogens (tertiary/aromatic N) is 1. The third kappa shape index (κ3) is 1.23. The first-order chi connectivity index (χ1) is 7.68. The molecule has 3 heteroatoms. The summed E-state index contributed by atoms with van der Waals surface area (Å²) in [6.07, 6.45) is 4.27. The molecule has 3 rings (SSSR count). The normalized spacial score (nSPS) is 17.9. The van der Waals surface area contributed by atoms with E-state index in [4.69, 9.17) is 11.6 Å². The fourth-order valence-electron chi connectivity index (χ4n) is 2.51. The van der Waals surface area contributed by atoms with Gasteiger partial charge in [-0.1, -0.05) is 23.7 Å². The zero-order valence-electron chi connectivity index (χ0n) is 9.20. The molecule has 0 radical (unpaired) electrons. The Kier molecular flexibility index (Phi) is 2.07. The van der Waals surface area contributed by atoms with Crippen molar-refractivity contribution in [3.05, 3.63) is 35.0 Å². The van der Waals surface area contributed by atoms with E-state index in [0.29, 0.717) is 0 Å². The van der Waals surface area contributed by atoms with Gasteiger partial charge in [0.25, 0.3) is 0 Å². The molecule has 1 heterocycles. The number of hydrogen-bond donors (Lipinski definition) is 1. The Morgan fingerprint density at radius 2 is 2.19 bits per heavy atom. The first-order valence-electron chi connectivity index (χ1n) is 5.53. The van der Waals surface area contributed by atoms with E-state index >= 15 is 0 Å². The highest BCUT2D eigenvalue weighted by molar-refractivity contribution is 6.35. The molecule has 2 nitrogen and oxygen atoms in total. The summed E-state index contributed by atoms with van der Waals surface area (Å²) in [5, 5.41) is 11.5. The molecule has 0 unspecified atom stereocenters. The monoisotopic (exact) mass is 235 g/mol. The number of aliphatic hydroxyl groups excluding tert-OH is 1. The minimum absolute atomic E-state index is 0.00416. The number of halogens is 1. The summed E-state index contributed by atoms with van der Waals surface area (Å²) in [7, 11) is 2.01. The summed E-state index contributed by atoms with van der Waals surface area (Å²) >= 11 is 6.21. The molecular weight excluding hydrogens is 222 g/mol. The maximum atomic E-state index is 9.51. The topological polar surface area (TPSA) is 25.2 Å². The predicted octanol–water partition coefficient (Wildman–Crippen LogP) is 2.86. The molecule has 1 aromatic heterocycles. The molecule has 0 amide bonds. The fraction of sp³-hybridized carbons (Fsp3) is 0.385. The number of benzene rings is 1. The lowest BCUT2D eigenvalue weighted by Gasteiger charge is -2.09. The van der Waals surface area contributed by atoms with Gasteiger partial charge < -0.3 is 9.67 Å². The number of fused-ring (bicyclic) bond motifs is 1. The van der Waals surface area contributed by atoms with Crippen molar-refractivity contribution in [1.82, 2.24) is 4.57 Å². The van der Waals surface area contributed by atoms with E-state index in [0.717, 1.165) is 23.4 Å². The van der Waals surface area contributed by atoms with Crippen molar-refractivity contribution in [2.45, 2.75) is 18.3 Å². The van der Waals surface area contributed by atoms with Crippen LogP contribution >= 0.6 is 11.6 Å². The van der Waals surface area contributed by atoms with Gasteiger partial charge in [0.05, 0.1) is 17.1 Å². The summed E-state index contributed by atoms with van der Waals surface area (Å²) in [4.78, 5) is 0. The van der Waals surface area contributed by atoms with Crippen LogP contribution in [0.3, 0.4) is 0 Å². The lowest BCUT2D eigenvalue weighted by molar-refractivity contribution is 0.255. The van der Waals surface area contributed by atoms with Gasteiger partial charge in [0.2, 0.25) is 0 Å². The van der Waals surface area contributed by atoms with Crippen LogP contribution in [0, 0.1) is 0 Å². The predicted molar refractivity (Wildman–Crippen MR) is 65.9 cm³/mol. The maximum Gasteiger partial charge on any atom is 0.0670 e. The number of aliphatic hydroxyl groups is 1. The van der Waals surface area contributed by atoms with Gasteiger partial charge in [-0.3, -0.25) is 0 Å². The van der Waals surface area contributed by atoms with Crippen LogP contribution in [0.1, 0.15) is 18.4 Å². The maximum absolute atomic E-state index is 9.51. The van der Waals surface area contributed by atoms with Crippen LogP contribution in [0.5, 0.6) is 0 Å². The van der Waals surface area contributed by atoms with Crippen molar-refractivity contribution >= 4 is 22.5 Å². The average molecular weight is 236 g/mol. The third-order valence-electron chi connectivity index (χ3n) is 3.68. The standard InChI is InChI=1S/C13H14ClNO/c1-15-7-10(13(8-16)5-6-13)9-3-2-4-11(14)12(9)15/h2-4,7,16H,5-6,8H2,1H3. The zero-order chi connectivity index (χ0) is 11.3. The highest BCUT2D eigenvalue weighted by atomic mass is 35.5. The number of aryl methyl sites for hydroxylation is 1. The SMILES string of the molecule is Cn1cc(C2(CO)CC2)c2cccc(Cl)c21. The Morgan fingerprint density at radius 1 is 1.44 bits per heavy atom. The molecule has 0 spiro atoms. The first-order valence-corrected chi connectivity index (χ1v) is 5.91. The van der Waals surface area contributed by atoms with E-state index in [1.54, 1.807) is 0 Å². The first kappa shape index (κ1) is 10.2. The molecule has 2 aromatic rings. The quantitative estimate of drug-likeness (QED) is 0.851. The van der Waals surface area contributed by atoms with Crippen molar-refractivity contribution < 1.29 is 5.11 Å². The molecule has 0 bridgehead atoms. The van der Waals surface area contributed by atoms with Crippen molar-refractivity contribution in [3.63, 3.8) is 0 Å². The minimum atomic E-state index is 0.00416. The van der Waals surface area contributed by atoms with Crippen LogP contribution in [-0.2, 0) is 12.5 Å². The number of rotatable bonds is 2. The van der Waals surface area contributed by atoms with Gasteiger partial charge in [-0.15, -0.1) is 0 Å². The molecular formula is C13H14ClNO. The molecule has 1 N–H and O–H groups in total. The Morgan fingerprint density at radius 3 is 2.81 bits per heavy atom. The lowest BCUT2D eigenvalue weighted by Crippen LogP contribution is -2.11. The summed E-state index contributed by atoms with van der Waals surface area (Å²) in [6, 6.07) is 5.97. The van der Waals surface area contributed by atoms with Gasteiger partial charge in [-0.05, 0) is 24.5 Å². The van der Waals surface area contributed by atoms with Crippen LogP contribution in [0.2, 0.25) is 5.02 Å². The van der Waals surface area contributed by atoms with E-state index in [2.05, 4.69) is 16.8 Å². The second kappa shape index (κ2) is 3.25. The highest BCUT2D eigenvalue weighted by Crippen LogP contribution is 2.50. The van der Waals surface area contributed by atoms with Crippen LogP contribution in [0.25, 0.3) is 10.9 Å². The van der Waals surface area contributed by atoms with E-state index < -0.39 is 0 Å². The van der Waals surface area contributed by atoms with Crippen molar-refractivity contribution in [2.24, 2.45) is 7.05 Å². The van der Waals surface area contributed by atoms with Gasteiger partial charge in [-0.2, -0.15) is 0 Å². The van der Waals surface area contributed by atoms with Crippen molar-refractivity contribution in [1.29, 1.82) is 0 Å². The van der Waals surface area contributed by atoms with Crippen molar-refractivity contribution in [2.75, 3.05) is 6.61 Å². The largest absolute Gasteiger partial charge is 0.395 e. The van der Waals surface area contributed by atoms with E-state index in [1.165, 1.54) is 10.9 Å². The number of aromatic nitrogens is 1. The molecule has 0 atom stereocenters. The van der Waals surface area contributed by atoms with E-state index in [9.17, 15) is 5.11 Å². The molecule has 0 saturated heterocycles. The van der Waals surface area contributed by atoms with E-state index in [1.807, 2.05) is 19.2 Å². The molecule has 84 valence electrons. The van der Waals surface area contributed by atoms with Crippen molar-refractivity contribution in [3.8, 4) is 0 Å². The van der Waals surface area contributed by atoms with Gasteiger partial charge in [-0.25, -0.2) is 0 Å². The Labute approximate surface area is 99.4 Å². The number of hydrogen-bond acceptors (Lipinski definition) is 1. The Hall–Kier alpha value is -0.990. The van der Waals surface area contributed by atoms with Gasteiger partial charge in [0.1, 0.15) is 0 Å². The van der Waals surface area contributed by atoms with Gasteiger partial charge >= 0.3 is 0 Å². The van der Waals surface area contributed by atoms with Crippen LogP contribution in [-0.4, -0.2) is 16.3 Å². The molecule has 1 aliphatic carbocycles. The molecule has 1 fully saturated rings. The molecule has 0 aliphatic heterocycles. The van der Waals surface area contributed by atoms with Crippen LogP contribution in [0.15, 0.2) is 24.4 Å². The Balaban J connectivity index is 2.31. The summed E-state index contributed by atoms with van der Waals surface area (Å²) in [5.41, 5.74) is 2.32. The smallest absolute Gasteiger partial charge is 0.0670 e. The molecule has 1 aromatic carbocycles. The second-order valence-electron chi connectivity index (χ2n) is 4.73. The third-order valence-corrected chi connectivity index (χ3v) is 3.98. The Bertz CT molecular complexity index is 554. The minimum Gasteiger partial charge on any atom is -0.395 e. The van der Waals surface area contributed by atoms with Crippen LogP contribution in [0.4, 0.5) is 0 Å². The molecule has 16 heavy (non-hydrogen) atoms. The van der Waals surface area contributed by atoms with Gasteiger partial charge in [0.15, 0.2) is 0 Å². The average Bonchev–Trinajstić information content (AvgIpc) is 2.99. The summed E-state index contributed by atoms with van der Waals surface area (Å²) in [6.45, 7) is 0.235. The molecule has 1 aliphatic rings. The number of para-hydroxylation sites is 1. The summed E-state index contributed by atoms with van der Waals surface area (Å²) < 4.78 is 2.06. The molecule has 1 saturated carbocycles. The summed E-state index contributed by atoms with van der Waals surface area (Å²) in [5.74, 6) is 0. The zero-order valence-corrected chi connectivity index (χ0v) is 9.96. The highest BCUT2D eigenvalue weighted by Gasteiger charge is 2.45. The second-order valence-corrected chi connectivity index (χ2v) is 5.14. The van der Waals surface area contributed by atoms with Crippen LogP contribution < -0.4 is 0 Å². The van der Waals surface area contributed by atoms with Gasteiger partial charge in [0, 0.05) is 24.0 Å². The van der Waals surface area contributed by atoms with E-state index in [-0.39, 0.29) is 12.0 Å².